The molecule has 0 unspecified atom stereocenters. The third kappa shape index (κ3) is 4.43. The fraction of sp³-hybridized carbons (Fsp3) is 0.118. The lowest BCUT2D eigenvalue weighted by atomic mass is 10.2. The number of halogens is 3. The van der Waals surface area contributed by atoms with Crippen LogP contribution in [0.15, 0.2) is 48.7 Å². The monoisotopic (exact) mass is 346 g/mol. The highest BCUT2D eigenvalue weighted by molar-refractivity contribution is 5.91. The molecule has 0 aliphatic rings. The molecular formula is C17H13F3N4O. The summed E-state index contributed by atoms with van der Waals surface area (Å²) in [6.07, 6.45) is 1.44. The number of aromatic nitrogens is 3. The Morgan fingerprint density at radius 2 is 1.64 bits per heavy atom. The first-order chi connectivity index (χ1) is 12.0. The number of hydrogen-bond acceptors (Lipinski definition) is 3. The van der Waals surface area contributed by atoms with Crippen molar-refractivity contribution in [2.75, 3.05) is 0 Å². The second kappa shape index (κ2) is 7.16. The SMILES string of the molecule is O=C(NCc1cc(F)cc(F)c1)c1cn(Cc2ccc(F)cc2)nn1. The first-order valence-corrected chi connectivity index (χ1v) is 7.37. The summed E-state index contributed by atoms with van der Waals surface area (Å²) in [5, 5.41) is 10.1. The lowest BCUT2D eigenvalue weighted by Gasteiger charge is -2.04. The maximum absolute atomic E-state index is 13.1. The quantitative estimate of drug-likeness (QED) is 0.773. The Hall–Kier alpha value is -3.16. The molecular weight excluding hydrogens is 333 g/mol. The van der Waals surface area contributed by atoms with Crippen LogP contribution >= 0.6 is 0 Å². The molecule has 0 fully saturated rings. The van der Waals surface area contributed by atoms with Crippen molar-refractivity contribution < 1.29 is 18.0 Å². The van der Waals surface area contributed by atoms with E-state index in [2.05, 4.69) is 15.6 Å². The van der Waals surface area contributed by atoms with E-state index in [1.165, 1.54) is 23.0 Å². The molecule has 128 valence electrons. The maximum atomic E-state index is 13.1. The summed E-state index contributed by atoms with van der Waals surface area (Å²) in [6.45, 7) is 0.286. The number of benzene rings is 2. The largest absolute Gasteiger partial charge is 0.347 e. The number of carbonyl (C=O) groups is 1. The summed E-state index contributed by atoms with van der Waals surface area (Å²) in [6, 6.07) is 8.90. The summed E-state index contributed by atoms with van der Waals surface area (Å²) in [4.78, 5) is 12.0. The molecule has 1 amide bonds. The van der Waals surface area contributed by atoms with Crippen LogP contribution in [0.4, 0.5) is 13.2 Å². The van der Waals surface area contributed by atoms with Crippen LogP contribution in [0.2, 0.25) is 0 Å². The average molecular weight is 346 g/mol. The zero-order valence-electron chi connectivity index (χ0n) is 12.9. The van der Waals surface area contributed by atoms with Gasteiger partial charge in [-0.05, 0) is 35.4 Å². The molecule has 8 heteroatoms. The smallest absolute Gasteiger partial charge is 0.273 e. The number of rotatable bonds is 5. The van der Waals surface area contributed by atoms with E-state index in [0.717, 1.165) is 23.8 Å². The van der Waals surface area contributed by atoms with Crippen LogP contribution in [0.3, 0.4) is 0 Å². The van der Waals surface area contributed by atoms with Gasteiger partial charge in [-0.15, -0.1) is 5.10 Å². The number of hydrogen-bond donors (Lipinski definition) is 1. The lowest BCUT2D eigenvalue weighted by Crippen LogP contribution is -2.23. The first kappa shape index (κ1) is 16.7. The van der Waals surface area contributed by atoms with E-state index in [4.69, 9.17) is 0 Å². The molecule has 3 aromatic rings. The van der Waals surface area contributed by atoms with E-state index < -0.39 is 17.5 Å². The molecule has 1 N–H and O–H groups in total. The molecule has 2 aromatic carbocycles. The van der Waals surface area contributed by atoms with Gasteiger partial charge in [0.05, 0.1) is 12.7 Å². The maximum Gasteiger partial charge on any atom is 0.273 e. The molecule has 0 aliphatic carbocycles. The van der Waals surface area contributed by atoms with Crippen molar-refractivity contribution in [3.8, 4) is 0 Å². The van der Waals surface area contributed by atoms with Crippen molar-refractivity contribution in [1.29, 1.82) is 0 Å². The van der Waals surface area contributed by atoms with Gasteiger partial charge in [-0.1, -0.05) is 17.3 Å². The van der Waals surface area contributed by atoms with Gasteiger partial charge in [0.25, 0.3) is 5.91 Å². The third-order valence-electron chi connectivity index (χ3n) is 3.40. The van der Waals surface area contributed by atoms with Gasteiger partial charge in [0.15, 0.2) is 5.69 Å². The lowest BCUT2D eigenvalue weighted by molar-refractivity contribution is 0.0945. The predicted octanol–water partition coefficient (Wildman–Crippen LogP) is 2.67. The Labute approximate surface area is 141 Å². The van der Waals surface area contributed by atoms with Gasteiger partial charge < -0.3 is 5.32 Å². The third-order valence-corrected chi connectivity index (χ3v) is 3.40. The molecule has 0 radical (unpaired) electrons. The molecule has 0 atom stereocenters. The van der Waals surface area contributed by atoms with E-state index in [-0.39, 0.29) is 18.1 Å². The summed E-state index contributed by atoms with van der Waals surface area (Å²) in [5.41, 5.74) is 1.16. The van der Waals surface area contributed by atoms with Crippen LogP contribution in [0, 0.1) is 17.5 Å². The van der Waals surface area contributed by atoms with E-state index in [1.807, 2.05) is 0 Å². The van der Waals surface area contributed by atoms with Gasteiger partial charge >= 0.3 is 0 Å². The van der Waals surface area contributed by atoms with Gasteiger partial charge in [0.2, 0.25) is 0 Å². The number of amides is 1. The summed E-state index contributed by atoms with van der Waals surface area (Å²) >= 11 is 0. The molecule has 0 saturated heterocycles. The minimum absolute atomic E-state index is 0.0433. The van der Waals surface area contributed by atoms with E-state index in [9.17, 15) is 18.0 Å². The van der Waals surface area contributed by atoms with Crippen molar-refractivity contribution >= 4 is 5.91 Å². The highest BCUT2D eigenvalue weighted by Crippen LogP contribution is 2.08. The van der Waals surface area contributed by atoms with E-state index in [1.54, 1.807) is 12.1 Å². The second-order valence-electron chi connectivity index (χ2n) is 5.39. The zero-order valence-corrected chi connectivity index (χ0v) is 12.9. The van der Waals surface area contributed by atoms with Crippen molar-refractivity contribution in [3.05, 3.63) is 82.9 Å². The molecule has 3 rings (SSSR count). The zero-order chi connectivity index (χ0) is 17.8. The fourth-order valence-corrected chi connectivity index (χ4v) is 2.24. The Balaban J connectivity index is 1.61. The average Bonchev–Trinajstić information content (AvgIpc) is 3.02. The van der Waals surface area contributed by atoms with Crippen molar-refractivity contribution in [2.45, 2.75) is 13.1 Å². The molecule has 1 aromatic heterocycles. The van der Waals surface area contributed by atoms with Crippen LogP contribution in [0.25, 0.3) is 0 Å². The van der Waals surface area contributed by atoms with Crippen LogP contribution < -0.4 is 5.32 Å². The number of carbonyl (C=O) groups excluding carboxylic acids is 1. The number of nitrogens with zero attached hydrogens (tertiary/aromatic N) is 3. The Kier molecular flexibility index (Phi) is 4.78. The van der Waals surface area contributed by atoms with Gasteiger partial charge in [0.1, 0.15) is 17.5 Å². The van der Waals surface area contributed by atoms with Crippen molar-refractivity contribution in [1.82, 2.24) is 20.3 Å². The molecule has 5 nitrogen and oxygen atoms in total. The number of nitrogens with one attached hydrogen (secondary N) is 1. The van der Waals surface area contributed by atoms with Crippen molar-refractivity contribution in [2.24, 2.45) is 0 Å². The minimum Gasteiger partial charge on any atom is -0.347 e. The van der Waals surface area contributed by atoms with Gasteiger partial charge in [-0.2, -0.15) is 0 Å². The van der Waals surface area contributed by atoms with E-state index >= 15 is 0 Å². The molecule has 0 saturated carbocycles. The standard InChI is InChI=1S/C17H13F3N4O/c18-13-3-1-11(2-4-13)9-24-10-16(22-23-24)17(25)21-8-12-5-14(19)7-15(20)6-12/h1-7,10H,8-9H2,(H,21,25). The van der Waals surface area contributed by atoms with Gasteiger partial charge in [-0.25, -0.2) is 17.9 Å². The van der Waals surface area contributed by atoms with Gasteiger partial charge in [-0.3, -0.25) is 4.79 Å². The Bertz CT molecular complexity index is 873. The van der Waals surface area contributed by atoms with Crippen LogP contribution in [0.1, 0.15) is 21.6 Å². The highest BCUT2D eigenvalue weighted by Gasteiger charge is 2.11. The van der Waals surface area contributed by atoms with E-state index in [0.29, 0.717) is 12.1 Å². The summed E-state index contributed by atoms with van der Waals surface area (Å²) in [7, 11) is 0. The fourth-order valence-electron chi connectivity index (χ4n) is 2.24. The first-order valence-electron chi connectivity index (χ1n) is 7.37. The van der Waals surface area contributed by atoms with Crippen LogP contribution in [-0.4, -0.2) is 20.9 Å². The second-order valence-corrected chi connectivity index (χ2v) is 5.39. The molecule has 25 heavy (non-hydrogen) atoms. The molecule has 0 bridgehead atoms. The summed E-state index contributed by atoms with van der Waals surface area (Å²) in [5.74, 6) is -2.28. The summed E-state index contributed by atoms with van der Waals surface area (Å²) < 4.78 is 40.5. The van der Waals surface area contributed by atoms with Gasteiger partial charge in [0, 0.05) is 12.6 Å². The van der Waals surface area contributed by atoms with Crippen LogP contribution in [0.5, 0.6) is 0 Å². The molecule has 0 aliphatic heterocycles. The Morgan fingerprint density at radius 1 is 0.960 bits per heavy atom. The predicted molar refractivity (Wildman–Crippen MR) is 83.1 cm³/mol. The molecule has 0 spiro atoms. The topological polar surface area (TPSA) is 59.8 Å². The molecule has 1 heterocycles. The van der Waals surface area contributed by atoms with Crippen LogP contribution in [-0.2, 0) is 13.1 Å². The Morgan fingerprint density at radius 3 is 2.32 bits per heavy atom. The minimum atomic E-state index is -0.713. The normalized spacial score (nSPS) is 10.7. The highest BCUT2D eigenvalue weighted by atomic mass is 19.1. The van der Waals surface area contributed by atoms with Crippen molar-refractivity contribution in [3.63, 3.8) is 0 Å².